The van der Waals surface area contributed by atoms with Crippen LogP contribution in [0.1, 0.15) is 43.0 Å². The summed E-state index contributed by atoms with van der Waals surface area (Å²) in [6, 6.07) is 36.4. The molecular formula is C41H32N4O8S2. The number of hydrogen-bond acceptors (Lipinski definition) is 8. The summed E-state index contributed by atoms with van der Waals surface area (Å²) >= 11 is 0. The van der Waals surface area contributed by atoms with Crippen LogP contribution in [0.5, 0.6) is 0 Å². The SMILES string of the molecule is NC(=O)N(C(c1ccccc1)(c1ccccc1)N(C(N)=O)S(=O)(=O)c1ccc(C(=O)c2ccccc2)cc1)S(=O)(=O)c1ccc(C(=O)c2ccccc2)cc1. The van der Waals surface area contributed by atoms with Gasteiger partial charge in [-0.1, -0.05) is 121 Å². The molecule has 6 rings (SSSR count). The summed E-state index contributed by atoms with van der Waals surface area (Å²) < 4.78 is 59.8. The molecule has 55 heavy (non-hydrogen) atoms. The molecule has 6 aromatic rings. The highest BCUT2D eigenvalue weighted by Crippen LogP contribution is 2.45. The number of nitrogens with zero attached hydrogens (tertiary/aromatic N) is 2. The Bertz CT molecular complexity index is 2410. The molecule has 0 bridgehead atoms. The number of ketones is 2. The monoisotopic (exact) mass is 772 g/mol. The van der Waals surface area contributed by atoms with E-state index in [1.54, 1.807) is 72.8 Å². The van der Waals surface area contributed by atoms with E-state index in [9.17, 15) is 36.0 Å². The van der Waals surface area contributed by atoms with Gasteiger partial charge in [-0.3, -0.25) is 9.59 Å². The summed E-state index contributed by atoms with van der Waals surface area (Å²) in [5, 5.41) is 0. The number of hydrogen-bond donors (Lipinski definition) is 2. The molecule has 0 fully saturated rings. The van der Waals surface area contributed by atoms with Crippen molar-refractivity contribution in [3.8, 4) is 0 Å². The zero-order chi connectivity index (χ0) is 39.4. The summed E-state index contributed by atoms with van der Waals surface area (Å²) in [5.41, 5.74) is 9.44. The lowest BCUT2D eigenvalue weighted by molar-refractivity contribution is 0.103. The van der Waals surface area contributed by atoms with Crippen LogP contribution < -0.4 is 11.5 Å². The zero-order valence-corrected chi connectivity index (χ0v) is 30.4. The van der Waals surface area contributed by atoms with Gasteiger partial charge in [0.05, 0.1) is 9.79 Å². The van der Waals surface area contributed by atoms with E-state index in [2.05, 4.69) is 0 Å². The topological polar surface area (TPSA) is 195 Å². The van der Waals surface area contributed by atoms with Gasteiger partial charge in [0.15, 0.2) is 11.6 Å². The van der Waals surface area contributed by atoms with E-state index in [0.717, 1.165) is 24.3 Å². The fraction of sp³-hybridized carbons (Fsp3) is 0.0244. The van der Waals surface area contributed by atoms with Gasteiger partial charge in [-0.25, -0.2) is 26.4 Å². The Kier molecular flexibility index (Phi) is 10.5. The maximum Gasteiger partial charge on any atom is 0.331 e. The van der Waals surface area contributed by atoms with Gasteiger partial charge in [0.1, 0.15) is 0 Å². The molecule has 0 atom stereocenters. The van der Waals surface area contributed by atoms with Gasteiger partial charge >= 0.3 is 12.1 Å². The fourth-order valence-electron chi connectivity index (χ4n) is 6.24. The van der Waals surface area contributed by atoms with Gasteiger partial charge in [0.2, 0.25) is 5.66 Å². The Morgan fingerprint density at radius 3 is 0.909 bits per heavy atom. The van der Waals surface area contributed by atoms with Crippen molar-refractivity contribution in [3.05, 3.63) is 203 Å². The molecule has 0 aliphatic heterocycles. The summed E-state index contributed by atoms with van der Waals surface area (Å²) in [6.45, 7) is 0. The second kappa shape index (κ2) is 15.2. The normalized spacial score (nSPS) is 11.6. The number of urea groups is 2. The predicted octanol–water partition coefficient (Wildman–Crippen LogP) is 5.89. The number of carbonyl (C=O) groups is 4. The molecule has 0 spiro atoms. The van der Waals surface area contributed by atoms with E-state index in [4.69, 9.17) is 11.5 Å². The van der Waals surface area contributed by atoms with Crippen LogP contribution in [0, 0.1) is 0 Å². The number of amides is 4. The Morgan fingerprint density at radius 2 is 0.636 bits per heavy atom. The predicted molar refractivity (Wildman–Crippen MR) is 204 cm³/mol. The summed E-state index contributed by atoms with van der Waals surface area (Å²) in [6.07, 6.45) is 0. The van der Waals surface area contributed by atoms with Gasteiger partial charge in [0, 0.05) is 33.4 Å². The van der Waals surface area contributed by atoms with Crippen LogP contribution in [-0.4, -0.2) is 49.1 Å². The molecule has 0 saturated carbocycles. The minimum Gasteiger partial charge on any atom is -0.351 e. The van der Waals surface area contributed by atoms with Gasteiger partial charge < -0.3 is 11.5 Å². The molecule has 4 N–H and O–H groups in total. The van der Waals surface area contributed by atoms with Crippen LogP contribution in [-0.2, 0) is 25.7 Å². The van der Waals surface area contributed by atoms with E-state index in [0.29, 0.717) is 11.1 Å². The average molecular weight is 773 g/mol. The van der Waals surface area contributed by atoms with Gasteiger partial charge in [-0.05, 0) is 48.5 Å². The smallest absolute Gasteiger partial charge is 0.331 e. The van der Waals surface area contributed by atoms with E-state index >= 15 is 0 Å². The first-order valence-corrected chi connectivity index (χ1v) is 19.4. The van der Waals surface area contributed by atoms with Gasteiger partial charge in [-0.15, -0.1) is 0 Å². The van der Waals surface area contributed by atoms with Crippen LogP contribution in [0.3, 0.4) is 0 Å². The highest BCUT2D eigenvalue weighted by molar-refractivity contribution is 7.90. The van der Waals surface area contributed by atoms with Crippen LogP contribution in [0.4, 0.5) is 9.59 Å². The molecule has 4 amide bonds. The maximum absolute atomic E-state index is 14.9. The average Bonchev–Trinajstić information content (AvgIpc) is 3.21. The molecule has 14 heteroatoms. The van der Waals surface area contributed by atoms with Crippen molar-refractivity contribution in [1.29, 1.82) is 0 Å². The number of rotatable bonds is 12. The Labute approximate surface area is 317 Å². The molecule has 0 unspecified atom stereocenters. The first-order valence-electron chi connectivity index (χ1n) is 16.5. The number of primary amides is 2. The van der Waals surface area contributed by atoms with Crippen LogP contribution >= 0.6 is 0 Å². The summed E-state index contributed by atoms with van der Waals surface area (Å²) in [5.74, 6) is -0.830. The maximum atomic E-state index is 14.9. The third kappa shape index (κ3) is 6.99. The van der Waals surface area contributed by atoms with Gasteiger partial charge in [0.25, 0.3) is 20.0 Å². The van der Waals surface area contributed by atoms with Crippen molar-refractivity contribution in [2.75, 3.05) is 0 Å². The number of benzene rings is 6. The lowest BCUT2D eigenvalue weighted by Crippen LogP contribution is -2.67. The largest absolute Gasteiger partial charge is 0.351 e. The Morgan fingerprint density at radius 1 is 0.382 bits per heavy atom. The standard InChI is InChI=1S/C41H32N4O8S2/c42-39(48)44(54(50,51)35-25-21-31(22-26-35)37(46)29-13-5-1-6-14-29)41(33-17-9-3-10-18-33,34-19-11-4-12-20-34)45(40(43)49)55(52,53)36-27-23-32(24-28-36)38(47)30-15-7-2-8-16-30/h1-28H,(H2,42,48)(H2,43,49). The minimum atomic E-state index is -5.24. The zero-order valence-electron chi connectivity index (χ0n) is 28.8. The quantitative estimate of drug-likeness (QED) is 0.114. The lowest BCUT2D eigenvalue weighted by Gasteiger charge is -2.47. The van der Waals surface area contributed by atoms with Crippen molar-refractivity contribution in [2.24, 2.45) is 11.5 Å². The van der Waals surface area contributed by atoms with Crippen molar-refractivity contribution in [3.63, 3.8) is 0 Å². The van der Waals surface area contributed by atoms with Crippen LogP contribution in [0.25, 0.3) is 0 Å². The van der Waals surface area contributed by atoms with Gasteiger partial charge in [-0.2, -0.15) is 8.61 Å². The number of sulfonamides is 2. The molecule has 0 aliphatic carbocycles. The minimum absolute atomic E-state index is 0.0916. The Balaban J connectivity index is 1.58. The Hall–Kier alpha value is -6.90. The van der Waals surface area contributed by atoms with Crippen LogP contribution in [0.2, 0.25) is 0 Å². The third-order valence-corrected chi connectivity index (χ3v) is 12.3. The van der Waals surface area contributed by atoms with E-state index in [1.807, 2.05) is 0 Å². The van der Waals surface area contributed by atoms with Crippen molar-refractivity contribution < 1.29 is 36.0 Å². The summed E-state index contributed by atoms with van der Waals surface area (Å²) in [7, 11) is -10.5. The first-order chi connectivity index (χ1) is 26.3. The molecule has 0 saturated heterocycles. The molecular weight excluding hydrogens is 741 g/mol. The highest BCUT2D eigenvalue weighted by Gasteiger charge is 2.59. The molecule has 276 valence electrons. The summed E-state index contributed by atoms with van der Waals surface area (Å²) in [4.78, 5) is 52.8. The second-order valence-corrected chi connectivity index (χ2v) is 15.6. The number of carbonyl (C=O) groups excluding carboxylic acids is 4. The highest BCUT2D eigenvalue weighted by atomic mass is 32.2. The number of nitrogens with two attached hydrogens (primary N) is 2. The molecule has 12 nitrogen and oxygen atoms in total. The van der Waals surface area contributed by atoms with E-state index < -0.39 is 59.1 Å². The van der Waals surface area contributed by atoms with E-state index in [-0.39, 0.29) is 30.9 Å². The van der Waals surface area contributed by atoms with Crippen LogP contribution in [0.15, 0.2) is 180 Å². The van der Waals surface area contributed by atoms with Crippen molar-refractivity contribution >= 4 is 43.7 Å². The molecule has 0 aromatic heterocycles. The third-order valence-electron chi connectivity index (χ3n) is 8.72. The molecule has 0 aliphatic rings. The van der Waals surface area contributed by atoms with Crippen molar-refractivity contribution in [2.45, 2.75) is 15.5 Å². The lowest BCUT2D eigenvalue weighted by atomic mass is 9.90. The van der Waals surface area contributed by atoms with E-state index in [1.165, 1.54) is 72.8 Å². The molecule has 0 radical (unpaired) electrons. The molecule has 6 aromatic carbocycles. The van der Waals surface area contributed by atoms with Crippen molar-refractivity contribution in [1.82, 2.24) is 8.61 Å². The molecule has 0 heterocycles. The second-order valence-electron chi connectivity index (χ2n) is 12.1. The fourth-order valence-corrected chi connectivity index (χ4v) is 9.43. The first kappa shape index (κ1) is 37.8.